The van der Waals surface area contributed by atoms with Crippen molar-refractivity contribution in [3.05, 3.63) is 0 Å². The standard InChI is InChI=1S/C64H126N12O11S/c1-3-5-7-9-11-13-15-17-18-20-22-24-26-36-47-87-64(86)70-46-48-88-50-56(76-63(85)69-45-35-25-23-21-19-16-14-12-10-8-6-4-2)61(82)75-55(49-77)60(81)73-52(38-28-32-42-66)58(79)71-51(37-27-31-41-65)57(78)72-53(39-29-33-43-67)59(80)74-54(62(83)84)40-30-34-44-68/h51-56,77H,3-50,65-68H2,1-2H3,(H,70,86)(H,71,79)(H,72,78)(H,73,81)(H,74,80)(H,75,82)(H,83,84)(H2,69,76,85)/t51-,52-,53-,54-,55+,56-/m0/s1. The number of nitrogens with two attached hydrogens (primary N) is 4. The molecule has 0 unspecified atom stereocenters. The highest BCUT2D eigenvalue weighted by Crippen LogP contribution is 2.16. The molecule has 0 aromatic heterocycles. The van der Waals surface area contributed by atoms with E-state index in [2.05, 4.69) is 56.4 Å². The average molecular weight is 1270 g/mol. The number of aliphatic hydroxyl groups is 1. The summed E-state index contributed by atoms with van der Waals surface area (Å²) < 4.78 is 5.39. The maximum Gasteiger partial charge on any atom is 0.407 e. The van der Waals surface area contributed by atoms with Crippen molar-refractivity contribution in [1.29, 1.82) is 0 Å². The second-order valence-electron chi connectivity index (χ2n) is 23.5. The summed E-state index contributed by atoms with van der Waals surface area (Å²) in [5.74, 6) is -4.73. The van der Waals surface area contributed by atoms with E-state index in [4.69, 9.17) is 27.7 Å². The third-order valence-corrected chi connectivity index (χ3v) is 16.6. The van der Waals surface area contributed by atoms with Crippen LogP contribution in [0.3, 0.4) is 0 Å². The molecular formula is C64H126N12O11S. The molecule has 23 nitrogen and oxygen atoms in total. The monoisotopic (exact) mass is 1270 g/mol. The third-order valence-electron chi connectivity index (χ3n) is 15.6. The molecule has 24 heteroatoms. The summed E-state index contributed by atoms with van der Waals surface area (Å²) in [5, 5.41) is 41.8. The van der Waals surface area contributed by atoms with Crippen molar-refractivity contribution in [2.24, 2.45) is 22.9 Å². The number of rotatable bonds is 62. The van der Waals surface area contributed by atoms with E-state index >= 15 is 0 Å². The highest BCUT2D eigenvalue weighted by atomic mass is 32.2. The highest BCUT2D eigenvalue weighted by Gasteiger charge is 2.33. The summed E-state index contributed by atoms with van der Waals surface area (Å²) in [6.45, 7) is 5.76. The third kappa shape index (κ3) is 47.5. The van der Waals surface area contributed by atoms with Crippen LogP contribution >= 0.6 is 11.8 Å². The number of ether oxygens (including phenoxy) is 1. The van der Waals surface area contributed by atoms with Crippen LogP contribution in [0.15, 0.2) is 0 Å². The number of nitrogens with one attached hydrogen (secondary N) is 8. The molecule has 0 aliphatic rings. The Labute approximate surface area is 534 Å². The van der Waals surface area contributed by atoms with Crippen LogP contribution in [-0.4, -0.2) is 158 Å². The number of hydrogen-bond donors (Lipinski definition) is 14. The molecule has 88 heavy (non-hydrogen) atoms. The average Bonchev–Trinajstić information content (AvgIpc) is 3.68. The maximum absolute atomic E-state index is 14.2. The van der Waals surface area contributed by atoms with E-state index in [1.165, 1.54) is 134 Å². The molecule has 0 saturated carbocycles. The molecule has 8 amide bonds. The second-order valence-corrected chi connectivity index (χ2v) is 24.7. The first-order chi connectivity index (χ1) is 42.7. The molecule has 0 spiro atoms. The van der Waals surface area contributed by atoms with E-state index < -0.39 is 90.5 Å². The summed E-state index contributed by atoms with van der Waals surface area (Å²) in [5.41, 5.74) is 22.9. The van der Waals surface area contributed by atoms with Gasteiger partial charge in [0.15, 0.2) is 0 Å². The molecule has 0 heterocycles. The van der Waals surface area contributed by atoms with Gasteiger partial charge in [-0.2, -0.15) is 11.8 Å². The van der Waals surface area contributed by atoms with Crippen LogP contribution in [0.2, 0.25) is 0 Å². The molecule has 18 N–H and O–H groups in total. The number of aliphatic carboxylic acids is 1. The Morgan fingerprint density at radius 2 is 0.705 bits per heavy atom. The van der Waals surface area contributed by atoms with Crippen LogP contribution in [0.4, 0.5) is 9.59 Å². The van der Waals surface area contributed by atoms with Gasteiger partial charge >= 0.3 is 18.1 Å². The first kappa shape index (κ1) is 83.5. The Kier molecular flexibility index (Phi) is 57.0. The minimum absolute atomic E-state index is 0.0373. The van der Waals surface area contributed by atoms with Gasteiger partial charge in [-0.25, -0.2) is 14.4 Å². The predicted molar refractivity (Wildman–Crippen MR) is 354 cm³/mol. The second kappa shape index (κ2) is 60.1. The lowest BCUT2D eigenvalue weighted by atomic mass is 10.0. The first-order valence-electron chi connectivity index (χ1n) is 34.4. The molecule has 0 rings (SSSR count). The number of alkyl carbamates (subject to hydrolysis) is 1. The van der Waals surface area contributed by atoms with Gasteiger partial charge in [0.05, 0.1) is 13.2 Å². The number of urea groups is 1. The fraction of sp³-hybridized carbons (Fsp3) is 0.875. The smallest absolute Gasteiger partial charge is 0.407 e. The van der Waals surface area contributed by atoms with Gasteiger partial charge in [0.1, 0.15) is 36.3 Å². The summed E-state index contributed by atoms with van der Waals surface area (Å²) in [6, 6.07) is -8.26. The van der Waals surface area contributed by atoms with Gasteiger partial charge in [-0.3, -0.25) is 24.0 Å². The SMILES string of the molecule is CCCCCCCCCCCCCCCCOC(=O)NCCSC[C@H](NC(=O)NCCCCCCCCCCCCCC)C(=O)N[C@H](CO)C(=O)N[C@@H](CCCCN)C(=O)N[C@@H](CCCCN)C(=O)N[C@@H](CCCCN)C(=O)N[C@@H](CCCCN)C(=O)O. The molecule has 6 atom stereocenters. The maximum atomic E-state index is 14.2. The van der Waals surface area contributed by atoms with E-state index in [1.54, 1.807) is 0 Å². The summed E-state index contributed by atoms with van der Waals surface area (Å²) in [4.78, 5) is 108. The van der Waals surface area contributed by atoms with Crippen molar-refractivity contribution in [1.82, 2.24) is 42.5 Å². The van der Waals surface area contributed by atoms with Crippen LogP contribution in [0.5, 0.6) is 0 Å². The van der Waals surface area contributed by atoms with Crippen molar-refractivity contribution < 1.29 is 53.3 Å². The van der Waals surface area contributed by atoms with Crippen molar-refractivity contribution in [3.8, 4) is 0 Å². The van der Waals surface area contributed by atoms with Crippen LogP contribution in [0, 0.1) is 0 Å². The van der Waals surface area contributed by atoms with Crippen LogP contribution in [0.25, 0.3) is 0 Å². The number of carboxylic acids is 1. The van der Waals surface area contributed by atoms with E-state index in [0.717, 1.165) is 44.9 Å². The van der Waals surface area contributed by atoms with Gasteiger partial charge in [-0.1, -0.05) is 168 Å². The number of hydrogen-bond acceptors (Lipinski definition) is 15. The van der Waals surface area contributed by atoms with Crippen molar-refractivity contribution >= 4 is 59.4 Å². The molecule has 0 saturated heterocycles. The van der Waals surface area contributed by atoms with Crippen LogP contribution in [0.1, 0.15) is 258 Å². The van der Waals surface area contributed by atoms with E-state index in [-0.39, 0.29) is 44.5 Å². The number of carbonyl (C=O) groups excluding carboxylic acids is 7. The number of amides is 8. The Bertz CT molecular complexity index is 1800. The molecular weight excluding hydrogens is 1140 g/mol. The number of thioether (sulfide) groups is 1. The molecule has 0 radical (unpaired) electrons. The molecule has 0 aromatic rings. The Morgan fingerprint density at radius 1 is 0.375 bits per heavy atom. The first-order valence-corrected chi connectivity index (χ1v) is 35.6. The predicted octanol–water partition coefficient (Wildman–Crippen LogP) is 7.31. The quantitative estimate of drug-likeness (QED) is 0.0265. The van der Waals surface area contributed by atoms with Crippen molar-refractivity contribution in [2.45, 2.75) is 294 Å². The van der Waals surface area contributed by atoms with Crippen molar-refractivity contribution in [3.63, 3.8) is 0 Å². The van der Waals surface area contributed by atoms with Crippen molar-refractivity contribution in [2.75, 3.05) is 64.0 Å². The number of aliphatic hydroxyl groups excluding tert-OH is 1. The van der Waals surface area contributed by atoms with E-state index in [1.807, 2.05) is 0 Å². The Morgan fingerprint density at radius 3 is 1.08 bits per heavy atom. The van der Waals surface area contributed by atoms with Gasteiger partial charge in [0.25, 0.3) is 0 Å². The molecule has 0 aliphatic carbocycles. The largest absolute Gasteiger partial charge is 0.480 e. The minimum Gasteiger partial charge on any atom is -0.480 e. The lowest BCUT2D eigenvalue weighted by Gasteiger charge is -2.27. The number of carboxylic acid groups (broad SMARTS) is 1. The zero-order valence-corrected chi connectivity index (χ0v) is 55.5. The topological polar surface area (TPSA) is 387 Å². The van der Waals surface area contributed by atoms with Gasteiger partial charge in [0, 0.05) is 24.6 Å². The highest BCUT2D eigenvalue weighted by molar-refractivity contribution is 7.99. The van der Waals surface area contributed by atoms with Gasteiger partial charge in [-0.05, 0) is 116 Å². The summed E-state index contributed by atoms with van der Waals surface area (Å²) >= 11 is 1.28. The van der Waals surface area contributed by atoms with Gasteiger partial charge in [-0.15, -0.1) is 0 Å². The summed E-state index contributed by atoms with van der Waals surface area (Å²) in [7, 11) is 0. The molecule has 0 aromatic carbocycles. The van der Waals surface area contributed by atoms with E-state index in [0.29, 0.717) is 89.9 Å². The zero-order chi connectivity index (χ0) is 65.1. The molecule has 0 fully saturated rings. The molecule has 0 aliphatic heterocycles. The fourth-order valence-corrected chi connectivity index (χ4v) is 11.0. The normalized spacial score (nSPS) is 13.3. The van der Waals surface area contributed by atoms with Gasteiger partial charge < -0.3 is 80.4 Å². The molecule has 0 bridgehead atoms. The lowest BCUT2D eigenvalue weighted by Crippen LogP contribution is -2.60. The number of unbranched alkanes of at least 4 members (excludes halogenated alkanes) is 28. The number of carbonyl (C=O) groups is 8. The van der Waals surface area contributed by atoms with Crippen LogP contribution in [-0.2, 0) is 33.5 Å². The van der Waals surface area contributed by atoms with Crippen LogP contribution < -0.4 is 65.5 Å². The fourth-order valence-electron chi connectivity index (χ4n) is 10.1. The lowest BCUT2D eigenvalue weighted by molar-refractivity contribution is -0.142. The van der Waals surface area contributed by atoms with E-state index in [9.17, 15) is 48.6 Å². The molecule has 514 valence electrons. The zero-order valence-electron chi connectivity index (χ0n) is 54.7. The summed E-state index contributed by atoms with van der Waals surface area (Å²) in [6.07, 6.45) is 34.8. The van der Waals surface area contributed by atoms with Gasteiger partial charge in [0.2, 0.25) is 29.5 Å². The Balaban J connectivity index is 5.91. The minimum atomic E-state index is -1.58. The Hall–Kier alpha value is -4.49.